The Morgan fingerprint density at radius 3 is 2.63 bits per heavy atom. The number of imide groups is 1. The summed E-state index contributed by atoms with van der Waals surface area (Å²) in [6.45, 7) is 8.48. The predicted octanol–water partition coefficient (Wildman–Crippen LogP) is 2.08. The molecule has 0 radical (unpaired) electrons. The molecule has 3 unspecified atom stereocenters. The molecular formula is C15H26N2O2. The molecule has 2 rings (SSSR count). The van der Waals surface area contributed by atoms with Gasteiger partial charge < -0.3 is 5.32 Å². The molecule has 2 fully saturated rings. The molecule has 1 aliphatic heterocycles. The quantitative estimate of drug-likeness (QED) is 0.793. The highest BCUT2D eigenvalue weighted by Crippen LogP contribution is 2.37. The van der Waals surface area contributed by atoms with Crippen LogP contribution in [0.3, 0.4) is 0 Å². The van der Waals surface area contributed by atoms with Crippen LogP contribution in [0.2, 0.25) is 0 Å². The van der Waals surface area contributed by atoms with Crippen LogP contribution >= 0.6 is 0 Å². The van der Waals surface area contributed by atoms with Gasteiger partial charge in [-0.2, -0.15) is 0 Å². The fraction of sp³-hybridized carbons (Fsp3) is 0.867. The van der Waals surface area contributed by atoms with Crippen LogP contribution in [0.25, 0.3) is 0 Å². The summed E-state index contributed by atoms with van der Waals surface area (Å²) < 4.78 is 0. The molecule has 4 nitrogen and oxygen atoms in total. The van der Waals surface area contributed by atoms with Gasteiger partial charge in [-0.05, 0) is 38.0 Å². The Kier molecular flexibility index (Phi) is 4.00. The zero-order valence-corrected chi connectivity index (χ0v) is 12.5. The minimum absolute atomic E-state index is 0.0193. The van der Waals surface area contributed by atoms with E-state index in [1.807, 2.05) is 13.8 Å². The Morgan fingerprint density at radius 2 is 2.11 bits per heavy atom. The fourth-order valence-electron chi connectivity index (χ4n) is 3.29. The lowest BCUT2D eigenvalue weighted by Crippen LogP contribution is -2.45. The van der Waals surface area contributed by atoms with Crippen molar-refractivity contribution in [3.63, 3.8) is 0 Å². The average molecular weight is 266 g/mol. The van der Waals surface area contributed by atoms with E-state index in [-0.39, 0.29) is 23.9 Å². The molecule has 1 N–H and O–H groups in total. The second-order valence-electron chi connectivity index (χ2n) is 6.89. The molecule has 108 valence electrons. The van der Waals surface area contributed by atoms with Crippen LogP contribution in [-0.4, -0.2) is 34.8 Å². The second kappa shape index (κ2) is 5.23. The number of amides is 2. The van der Waals surface area contributed by atoms with Gasteiger partial charge in [-0.15, -0.1) is 0 Å². The van der Waals surface area contributed by atoms with E-state index in [1.165, 1.54) is 11.3 Å². The third kappa shape index (κ3) is 2.99. The molecule has 1 saturated heterocycles. The van der Waals surface area contributed by atoms with Crippen LogP contribution in [0.15, 0.2) is 0 Å². The summed E-state index contributed by atoms with van der Waals surface area (Å²) in [6, 6.07) is 0.112. The maximum atomic E-state index is 12.3. The number of carbonyl (C=O) groups excluding carboxylic acids is 2. The monoisotopic (exact) mass is 266 g/mol. The first kappa shape index (κ1) is 14.5. The molecule has 2 amide bonds. The van der Waals surface area contributed by atoms with E-state index in [0.29, 0.717) is 17.9 Å². The molecule has 0 bridgehead atoms. The smallest absolute Gasteiger partial charge is 0.247 e. The molecule has 0 spiro atoms. The first-order valence-corrected chi connectivity index (χ1v) is 7.46. The largest absolute Gasteiger partial charge is 0.303 e. The summed E-state index contributed by atoms with van der Waals surface area (Å²) in [6.07, 6.45) is 4.54. The van der Waals surface area contributed by atoms with Gasteiger partial charge in [0.25, 0.3) is 0 Å². The summed E-state index contributed by atoms with van der Waals surface area (Å²) >= 11 is 0. The van der Waals surface area contributed by atoms with Crippen LogP contribution in [0, 0.1) is 5.41 Å². The second-order valence-corrected chi connectivity index (χ2v) is 6.89. The highest BCUT2D eigenvalue weighted by atomic mass is 16.2. The van der Waals surface area contributed by atoms with Crippen molar-refractivity contribution in [3.05, 3.63) is 0 Å². The Morgan fingerprint density at radius 1 is 1.42 bits per heavy atom. The molecule has 4 heteroatoms. The van der Waals surface area contributed by atoms with E-state index in [0.717, 1.165) is 19.3 Å². The van der Waals surface area contributed by atoms with Crippen LogP contribution in [0.4, 0.5) is 0 Å². The van der Waals surface area contributed by atoms with E-state index in [9.17, 15) is 9.59 Å². The number of hydrogen-bond acceptors (Lipinski definition) is 3. The normalized spacial score (nSPS) is 32.1. The zero-order valence-electron chi connectivity index (χ0n) is 12.5. The van der Waals surface area contributed by atoms with Crippen molar-refractivity contribution in [2.45, 2.75) is 77.9 Å². The molecule has 0 aromatic rings. The lowest BCUT2D eigenvalue weighted by atomic mass is 9.92. The minimum Gasteiger partial charge on any atom is -0.303 e. The third-order valence-electron chi connectivity index (χ3n) is 4.62. The lowest BCUT2D eigenvalue weighted by Gasteiger charge is -2.23. The molecule has 1 aliphatic carbocycles. The summed E-state index contributed by atoms with van der Waals surface area (Å²) in [4.78, 5) is 25.7. The van der Waals surface area contributed by atoms with Gasteiger partial charge in [-0.25, -0.2) is 0 Å². The van der Waals surface area contributed by atoms with Gasteiger partial charge in [0, 0.05) is 12.1 Å². The summed E-state index contributed by atoms with van der Waals surface area (Å²) in [5, 5.41) is 3.41. The molecular weight excluding hydrogens is 240 g/mol. The SMILES string of the molecule is CCC(C)N1C(=O)CC(NC2CCC(C)(C)C2)C1=O. The van der Waals surface area contributed by atoms with Crippen molar-refractivity contribution < 1.29 is 9.59 Å². The van der Waals surface area contributed by atoms with Crippen molar-refractivity contribution in [1.82, 2.24) is 10.2 Å². The average Bonchev–Trinajstić information content (AvgIpc) is 2.80. The highest BCUT2D eigenvalue weighted by Gasteiger charge is 2.42. The van der Waals surface area contributed by atoms with E-state index in [1.54, 1.807) is 0 Å². The van der Waals surface area contributed by atoms with Crippen molar-refractivity contribution in [2.24, 2.45) is 5.41 Å². The van der Waals surface area contributed by atoms with Crippen LogP contribution < -0.4 is 5.32 Å². The number of carbonyl (C=O) groups is 2. The number of hydrogen-bond donors (Lipinski definition) is 1. The van der Waals surface area contributed by atoms with Crippen molar-refractivity contribution in [1.29, 1.82) is 0 Å². The fourth-order valence-corrected chi connectivity index (χ4v) is 3.29. The van der Waals surface area contributed by atoms with Gasteiger partial charge in [0.1, 0.15) is 0 Å². The van der Waals surface area contributed by atoms with E-state index in [4.69, 9.17) is 0 Å². The first-order chi connectivity index (χ1) is 8.84. The summed E-state index contributed by atoms with van der Waals surface area (Å²) in [5.74, 6) is -0.0434. The molecule has 19 heavy (non-hydrogen) atoms. The van der Waals surface area contributed by atoms with Crippen LogP contribution in [0.1, 0.15) is 59.8 Å². The van der Waals surface area contributed by atoms with Gasteiger partial charge in [-0.1, -0.05) is 20.8 Å². The van der Waals surface area contributed by atoms with Gasteiger partial charge in [-0.3, -0.25) is 14.5 Å². The maximum absolute atomic E-state index is 12.3. The first-order valence-electron chi connectivity index (χ1n) is 7.46. The number of rotatable bonds is 4. The van der Waals surface area contributed by atoms with Gasteiger partial charge in [0.15, 0.2) is 0 Å². The predicted molar refractivity (Wildman–Crippen MR) is 74.6 cm³/mol. The molecule has 1 saturated carbocycles. The lowest BCUT2D eigenvalue weighted by molar-refractivity contribution is -0.141. The van der Waals surface area contributed by atoms with Crippen LogP contribution in [0.5, 0.6) is 0 Å². The standard InChI is InChI=1S/C15H26N2O2/c1-5-10(2)17-13(18)8-12(14(17)19)16-11-6-7-15(3,4)9-11/h10-12,16H,5-9H2,1-4H3. The van der Waals surface area contributed by atoms with E-state index >= 15 is 0 Å². The van der Waals surface area contributed by atoms with Gasteiger partial charge >= 0.3 is 0 Å². The maximum Gasteiger partial charge on any atom is 0.247 e. The number of likely N-dealkylation sites (tertiary alicyclic amines) is 1. The van der Waals surface area contributed by atoms with Crippen molar-refractivity contribution in [3.8, 4) is 0 Å². The van der Waals surface area contributed by atoms with Crippen LogP contribution in [-0.2, 0) is 9.59 Å². The topological polar surface area (TPSA) is 49.4 Å². The Labute approximate surface area is 115 Å². The molecule has 2 aliphatic rings. The zero-order chi connectivity index (χ0) is 14.2. The van der Waals surface area contributed by atoms with Gasteiger partial charge in [0.2, 0.25) is 11.8 Å². The number of nitrogens with one attached hydrogen (secondary N) is 1. The van der Waals surface area contributed by atoms with Crippen molar-refractivity contribution in [2.75, 3.05) is 0 Å². The molecule has 0 aromatic heterocycles. The summed E-state index contributed by atoms with van der Waals surface area (Å²) in [5.41, 5.74) is 0.361. The molecule has 3 atom stereocenters. The van der Waals surface area contributed by atoms with Crippen molar-refractivity contribution >= 4 is 11.8 Å². The van der Waals surface area contributed by atoms with Gasteiger partial charge in [0.05, 0.1) is 12.5 Å². The molecule has 0 aromatic carbocycles. The molecule has 1 heterocycles. The number of nitrogens with zero attached hydrogens (tertiary/aromatic N) is 1. The Bertz CT molecular complexity index is 378. The summed E-state index contributed by atoms with van der Waals surface area (Å²) in [7, 11) is 0. The highest BCUT2D eigenvalue weighted by molar-refractivity contribution is 6.05. The Hall–Kier alpha value is -0.900. The van der Waals surface area contributed by atoms with E-state index in [2.05, 4.69) is 19.2 Å². The minimum atomic E-state index is -0.291. The van der Waals surface area contributed by atoms with E-state index < -0.39 is 0 Å². The Balaban J connectivity index is 1.96. The third-order valence-corrected chi connectivity index (χ3v) is 4.62.